The highest BCUT2D eigenvalue weighted by molar-refractivity contribution is 5.88. The maximum atomic E-state index is 12.7. The van der Waals surface area contributed by atoms with Gasteiger partial charge in [0.2, 0.25) is 23.6 Å². The molecule has 4 amide bonds. The largest absolute Gasteiger partial charge is 0.382 e. The van der Waals surface area contributed by atoms with Crippen molar-refractivity contribution in [1.29, 1.82) is 0 Å². The summed E-state index contributed by atoms with van der Waals surface area (Å²) in [7, 11) is 1.62. The first kappa shape index (κ1) is 36.7. The van der Waals surface area contributed by atoms with E-state index in [0.717, 1.165) is 32.1 Å². The molecule has 0 aromatic heterocycles. The summed E-state index contributed by atoms with van der Waals surface area (Å²) in [6.45, 7) is 8.34. The summed E-state index contributed by atoms with van der Waals surface area (Å²) < 4.78 is 21.1. The Bertz CT molecular complexity index is 651. The highest BCUT2D eigenvalue weighted by atomic mass is 16.6. The highest BCUT2D eigenvalue weighted by Gasteiger charge is 2.21. The van der Waals surface area contributed by atoms with Crippen LogP contribution in [0.5, 0.6) is 0 Å². The van der Waals surface area contributed by atoms with E-state index in [0.29, 0.717) is 72.2 Å². The van der Waals surface area contributed by atoms with Gasteiger partial charge in [0.15, 0.2) is 0 Å². The van der Waals surface area contributed by atoms with Crippen molar-refractivity contribution in [3.63, 3.8) is 0 Å². The summed E-state index contributed by atoms with van der Waals surface area (Å²) >= 11 is 0. The molecule has 0 rings (SSSR count). The molecule has 0 saturated heterocycles. The number of hydrogen-bond acceptors (Lipinski definition) is 8. The number of rotatable bonds is 27. The molecule has 0 heterocycles. The first-order chi connectivity index (χ1) is 18.9. The van der Waals surface area contributed by atoms with E-state index in [2.05, 4.69) is 28.2 Å². The smallest absolute Gasteiger partial charge is 0.242 e. The Labute approximate surface area is 234 Å². The van der Waals surface area contributed by atoms with E-state index in [-0.39, 0.29) is 43.0 Å². The number of carbonyl (C=O) groups is 4. The molecule has 0 bridgehead atoms. The van der Waals surface area contributed by atoms with Crippen LogP contribution < -0.4 is 21.3 Å². The Balaban J connectivity index is 4.25. The Morgan fingerprint density at radius 3 is 1.79 bits per heavy atom. The lowest BCUT2D eigenvalue weighted by molar-refractivity contribution is -0.130. The van der Waals surface area contributed by atoms with Gasteiger partial charge in [-0.2, -0.15) is 0 Å². The van der Waals surface area contributed by atoms with Crippen LogP contribution >= 0.6 is 0 Å². The predicted octanol–water partition coefficient (Wildman–Crippen LogP) is 1.07. The normalized spacial score (nSPS) is 11.6. The van der Waals surface area contributed by atoms with Crippen molar-refractivity contribution in [2.45, 2.75) is 77.7 Å². The third kappa shape index (κ3) is 24.5. The molecule has 0 spiro atoms. The Kier molecular flexibility index (Phi) is 25.7. The summed E-state index contributed by atoms with van der Waals surface area (Å²) in [6, 6.07) is -0.796. The van der Waals surface area contributed by atoms with Crippen molar-refractivity contribution in [3.05, 3.63) is 0 Å². The van der Waals surface area contributed by atoms with Crippen LogP contribution in [0.3, 0.4) is 0 Å². The summed E-state index contributed by atoms with van der Waals surface area (Å²) in [5.41, 5.74) is 0. The topological polar surface area (TPSA) is 153 Å². The van der Waals surface area contributed by atoms with E-state index in [9.17, 15) is 19.2 Å². The van der Waals surface area contributed by atoms with Gasteiger partial charge in [0, 0.05) is 46.0 Å². The van der Waals surface area contributed by atoms with E-state index in [1.165, 1.54) is 0 Å². The van der Waals surface area contributed by atoms with Crippen LogP contribution in [-0.2, 0) is 38.1 Å². The molecule has 39 heavy (non-hydrogen) atoms. The highest BCUT2D eigenvalue weighted by Crippen LogP contribution is 2.03. The third-order valence-electron chi connectivity index (χ3n) is 5.61. The lowest BCUT2D eigenvalue weighted by atomic mass is 10.1. The van der Waals surface area contributed by atoms with Crippen LogP contribution in [0.2, 0.25) is 0 Å². The molecule has 0 aromatic rings. The molecule has 0 aliphatic rings. The number of nitrogens with one attached hydrogen (secondary N) is 4. The quantitative estimate of drug-likeness (QED) is 0.109. The molecule has 0 fully saturated rings. The van der Waals surface area contributed by atoms with Gasteiger partial charge in [-0.25, -0.2) is 0 Å². The standard InChI is InChI=1S/C27H52N4O8/c1-4-6-7-10-26(34)31-23(11-12-25(33)29-14-9-8-13-28-24(32)5-2)27(35)30-15-16-37-19-20-39-22-21-38-18-17-36-3/h23H,4-22H2,1-3H3,(H,28,32)(H,29,33)(H,30,35)(H,31,34)/t23-/m0/s1. The molecule has 0 saturated carbocycles. The van der Waals surface area contributed by atoms with Crippen LogP contribution in [-0.4, -0.2) is 103 Å². The summed E-state index contributed by atoms with van der Waals surface area (Å²) in [4.78, 5) is 48.5. The molecular formula is C27H52N4O8. The molecule has 0 aliphatic heterocycles. The van der Waals surface area contributed by atoms with Crippen molar-refractivity contribution in [1.82, 2.24) is 21.3 Å². The second-order valence-electron chi connectivity index (χ2n) is 9.00. The Hall–Kier alpha value is -2.28. The summed E-state index contributed by atoms with van der Waals surface area (Å²) in [5.74, 6) is -0.710. The number of carbonyl (C=O) groups excluding carboxylic acids is 4. The van der Waals surface area contributed by atoms with Crippen LogP contribution in [0.15, 0.2) is 0 Å². The van der Waals surface area contributed by atoms with Crippen LogP contribution in [0.4, 0.5) is 0 Å². The average molecular weight is 561 g/mol. The molecule has 4 N–H and O–H groups in total. The van der Waals surface area contributed by atoms with Crippen molar-refractivity contribution in [2.75, 3.05) is 73.0 Å². The molecular weight excluding hydrogens is 508 g/mol. The first-order valence-corrected chi connectivity index (χ1v) is 14.3. The van der Waals surface area contributed by atoms with Gasteiger partial charge in [-0.3, -0.25) is 19.2 Å². The minimum absolute atomic E-state index is 0.0104. The number of methoxy groups -OCH3 is 1. The van der Waals surface area contributed by atoms with E-state index in [4.69, 9.17) is 18.9 Å². The third-order valence-corrected chi connectivity index (χ3v) is 5.61. The SMILES string of the molecule is CCCCCC(=O)N[C@@H](CCC(=O)NCCCCNC(=O)CC)C(=O)NCCOCCOCCOCCOC. The lowest BCUT2D eigenvalue weighted by Crippen LogP contribution is -2.48. The average Bonchev–Trinajstić information content (AvgIpc) is 2.93. The molecule has 12 nitrogen and oxygen atoms in total. The fraction of sp³-hybridized carbons (Fsp3) is 0.852. The van der Waals surface area contributed by atoms with Gasteiger partial charge in [-0.15, -0.1) is 0 Å². The van der Waals surface area contributed by atoms with Gasteiger partial charge in [0.1, 0.15) is 6.04 Å². The van der Waals surface area contributed by atoms with Gasteiger partial charge in [-0.1, -0.05) is 26.7 Å². The minimum atomic E-state index is -0.796. The minimum Gasteiger partial charge on any atom is -0.382 e. The fourth-order valence-corrected chi connectivity index (χ4v) is 3.32. The molecule has 0 unspecified atom stereocenters. The van der Waals surface area contributed by atoms with Gasteiger partial charge < -0.3 is 40.2 Å². The number of unbranched alkanes of at least 4 members (excludes halogenated alkanes) is 3. The van der Waals surface area contributed by atoms with Crippen LogP contribution in [0.1, 0.15) is 71.6 Å². The second kappa shape index (κ2) is 27.3. The summed E-state index contributed by atoms with van der Waals surface area (Å²) in [5, 5.41) is 11.2. The maximum absolute atomic E-state index is 12.7. The first-order valence-electron chi connectivity index (χ1n) is 14.3. The number of hydrogen-bond donors (Lipinski definition) is 4. The molecule has 0 radical (unpaired) electrons. The molecule has 228 valence electrons. The van der Waals surface area contributed by atoms with Gasteiger partial charge >= 0.3 is 0 Å². The van der Waals surface area contributed by atoms with Crippen molar-refractivity contribution < 1.29 is 38.1 Å². The maximum Gasteiger partial charge on any atom is 0.242 e. The zero-order valence-electron chi connectivity index (χ0n) is 24.3. The fourth-order valence-electron chi connectivity index (χ4n) is 3.32. The van der Waals surface area contributed by atoms with Gasteiger partial charge in [-0.05, 0) is 25.7 Å². The van der Waals surface area contributed by atoms with E-state index < -0.39 is 6.04 Å². The molecule has 1 atom stereocenters. The van der Waals surface area contributed by atoms with E-state index in [1.807, 2.05) is 0 Å². The Morgan fingerprint density at radius 2 is 1.21 bits per heavy atom. The molecule has 12 heteroatoms. The monoisotopic (exact) mass is 560 g/mol. The van der Waals surface area contributed by atoms with Gasteiger partial charge in [0.25, 0.3) is 0 Å². The zero-order valence-corrected chi connectivity index (χ0v) is 24.3. The van der Waals surface area contributed by atoms with E-state index in [1.54, 1.807) is 14.0 Å². The molecule has 0 aliphatic carbocycles. The Morgan fingerprint density at radius 1 is 0.615 bits per heavy atom. The second-order valence-corrected chi connectivity index (χ2v) is 9.00. The summed E-state index contributed by atoms with van der Waals surface area (Å²) in [6.07, 6.45) is 5.31. The number of ether oxygens (including phenoxy) is 4. The number of amides is 4. The van der Waals surface area contributed by atoms with Crippen LogP contribution in [0, 0.1) is 0 Å². The molecule has 0 aromatic carbocycles. The van der Waals surface area contributed by atoms with Gasteiger partial charge in [0.05, 0.1) is 46.2 Å². The van der Waals surface area contributed by atoms with E-state index >= 15 is 0 Å². The predicted molar refractivity (Wildman–Crippen MR) is 148 cm³/mol. The lowest BCUT2D eigenvalue weighted by Gasteiger charge is -2.18. The van der Waals surface area contributed by atoms with Crippen molar-refractivity contribution >= 4 is 23.6 Å². The van der Waals surface area contributed by atoms with Crippen molar-refractivity contribution in [2.24, 2.45) is 0 Å². The van der Waals surface area contributed by atoms with Crippen molar-refractivity contribution in [3.8, 4) is 0 Å². The zero-order chi connectivity index (χ0) is 29.0. The van der Waals surface area contributed by atoms with Crippen LogP contribution in [0.25, 0.3) is 0 Å².